The van der Waals surface area contributed by atoms with E-state index in [1.807, 2.05) is 25.3 Å². The van der Waals surface area contributed by atoms with Gasteiger partial charge in [0.1, 0.15) is 6.73 Å². The Bertz CT molecular complexity index is 459. The maximum absolute atomic E-state index is 12.0. The Hall–Kier alpha value is -1.33. The first-order chi connectivity index (χ1) is 9.19. The first-order valence-corrected chi connectivity index (χ1v) is 7.48. The van der Waals surface area contributed by atoms with Gasteiger partial charge in [0.05, 0.1) is 6.61 Å². The highest BCUT2D eigenvalue weighted by Gasteiger charge is 2.21. The normalized spacial score (nSPS) is 19.9. The quantitative estimate of drug-likeness (QED) is 0.793. The number of amides is 1. The monoisotopic (exact) mass is 278 g/mol. The number of nitrogens with zero attached hydrogens (tertiary/aromatic N) is 2. The molecule has 19 heavy (non-hydrogen) atoms. The van der Waals surface area contributed by atoms with Crippen LogP contribution < -0.4 is 0 Å². The van der Waals surface area contributed by atoms with E-state index in [0.29, 0.717) is 12.0 Å². The van der Waals surface area contributed by atoms with Crippen molar-refractivity contribution in [2.45, 2.75) is 12.2 Å². The summed E-state index contributed by atoms with van der Waals surface area (Å²) in [5.74, 6) is -0.0145. The Morgan fingerprint density at radius 2 is 2.42 bits per heavy atom. The summed E-state index contributed by atoms with van der Waals surface area (Å²) < 4.78 is 5.41. The van der Waals surface area contributed by atoms with Gasteiger partial charge in [-0.2, -0.15) is 11.8 Å². The molecule has 2 rings (SSSR count). The molecule has 0 aromatic carbocycles. The van der Waals surface area contributed by atoms with Gasteiger partial charge in [-0.15, -0.1) is 0 Å². The van der Waals surface area contributed by atoms with Gasteiger partial charge >= 0.3 is 0 Å². The third-order valence-electron chi connectivity index (χ3n) is 2.97. The van der Waals surface area contributed by atoms with E-state index in [9.17, 15) is 4.79 Å². The topological polar surface area (TPSA) is 42.4 Å². The molecular weight excluding hydrogens is 260 g/mol. The molecule has 5 heteroatoms. The van der Waals surface area contributed by atoms with Gasteiger partial charge in [0.25, 0.3) is 0 Å². The predicted octanol–water partition coefficient (Wildman–Crippen LogP) is 1.95. The second-order valence-corrected chi connectivity index (χ2v) is 5.62. The van der Waals surface area contributed by atoms with Crippen LogP contribution in [0, 0.1) is 6.92 Å². The van der Waals surface area contributed by atoms with Crippen molar-refractivity contribution in [1.82, 2.24) is 9.88 Å². The molecule has 1 amide bonds. The average Bonchev–Trinajstić information content (AvgIpc) is 2.46. The lowest BCUT2D eigenvalue weighted by Gasteiger charge is -2.31. The molecule has 2 heterocycles. The number of rotatable bonds is 3. The first-order valence-electron chi connectivity index (χ1n) is 6.19. The number of hydrogen-bond acceptors (Lipinski definition) is 4. The second kappa shape index (κ2) is 6.73. The summed E-state index contributed by atoms with van der Waals surface area (Å²) in [6.45, 7) is 3.78. The SMILES string of the molecule is CSC1COCN(C(=O)/C=C/c2ccc(C)nc2)C1. The minimum Gasteiger partial charge on any atom is -0.360 e. The van der Waals surface area contributed by atoms with Crippen molar-refractivity contribution < 1.29 is 9.53 Å². The number of hydrogen-bond donors (Lipinski definition) is 0. The van der Waals surface area contributed by atoms with Crippen molar-refractivity contribution in [3.63, 3.8) is 0 Å². The van der Waals surface area contributed by atoms with Crippen molar-refractivity contribution in [2.24, 2.45) is 0 Å². The predicted molar refractivity (Wildman–Crippen MR) is 77.8 cm³/mol. The van der Waals surface area contributed by atoms with Crippen LogP contribution in [0.15, 0.2) is 24.4 Å². The Morgan fingerprint density at radius 3 is 3.11 bits per heavy atom. The first kappa shape index (κ1) is 14.1. The zero-order chi connectivity index (χ0) is 13.7. The second-order valence-electron chi connectivity index (χ2n) is 4.48. The van der Waals surface area contributed by atoms with Crippen LogP contribution in [0.5, 0.6) is 0 Å². The fraction of sp³-hybridized carbons (Fsp3) is 0.429. The summed E-state index contributed by atoms with van der Waals surface area (Å²) in [4.78, 5) is 17.9. The van der Waals surface area contributed by atoms with Crippen molar-refractivity contribution >= 4 is 23.7 Å². The zero-order valence-electron chi connectivity index (χ0n) is 11.2. The van der Waals surface area contributed by atoms with Gasteiger partial charge < -0.3 is 9.64 Å². The molecule has 0 radical (unpaired) electrons. The molecule has 1 fully saturated rings. The molecule has 1 saturated heterocycles. The molecule has 0 aliphatic carbocycles. The molecule has 4 nitrogen and oxygen atoms in total. The van der Waals surface area contributed by atoms with E-state index in [2.05, 4.69) is 4.98 Å². The third-order valence-corrected chi connectivity index (χ3v) is 3.92. The maximum atomic E-state index is 12.0. The van der Waals surface area contributed by atoms with Gasteiger partial charge in [-0.1, -0.05) is 6.07 Å². The lowest BCUT2D eigenvalue weighted by Crippen LogP contribution is -2.43. The molecule has 1 aliphatic heterocycles. The average molecular weight is 278 g/mol. The van der Waals surface area contributed by atoms with E-state index in [0.717, 1.165) is 24.4 Å². The van der Waals surface area contributed by atoms with Gasteiger partial charge in [-0.05, 0) is 30.9 Å². The van der Waals surface area contributed by atoms with E-state index < -0.39 is 0 Å². The Labute approximate surface area is 117 Å². The van der Waals surface area contributed by atoms with Gasteiger partial charge in [-0.3, -0.25) is 9.78 Å². The van der Waals surface area contributed by atoms with E-state index >= 15 is 0 Å². The maximum Gasteiger partial charge on any atom is 0.248 e. The molecule has 1 unspecified atom stereocenters. The minimum atomic E-state index is -0.0145. The van der Waals surface area contributed by atoms with Crippen LogP contribution in [0.4, 0.5) is 0 Å². The summed E-state index contributed by atoms with van der Waals surface area (Å²) in [5, 5.41) is 0.368. The number of aryl methyl sites for hydroxylation is 1. The molecular formula is C14H18N2O2S. The minimum absolute atomic E-state index is 0.0145. The van der Waals surface area contributed by atoms with Crippen LogP contribution in [0.3, 0.4) is 0 Å². The van der Waals surface area contributed by atoms with Gasteiger partial charge in [0.15, 0.2) is 0 Å². The Morgan fingerprint density at radius 1 is 1.58 bits per heavy atom. The number of aromatic nitrogens is 1. The lowest BCUT2D eigenvalue weighted by molar-refractivity contribution is -0.134. The summed E-state index contributed by atoms with van der Waals surface area (Å²) in [7, 11) is 0. The highest BCUT2D eigenvalue weighted by molar-refractivity contribution is 7.99. The molecule has 1 atom stereocenters. The van der Waals surface area contributed by atoms with Gasteiger partial charge in [0.2, 0.25) is 5.91 Å². The summed E-state index contributed by atoms with van der Waals surface area (Å²) >= 11 is 1.73. The zero-order valence-corrected chi connectivity index (χ0v) is 12.0. The number of carbonyl (C=O) groups is 1. The molecule has 0 spiro atoms. The molecule has 1 aliphatic rings. The summed E-state index contributed by atoms with van der Waals surface area (Å²) in [6, 6.07) is 3.88. The van der Waals surface area contributed by atoms with Crippen LogP contribution >= 0.6 is 11.8 Å². The molecule has 0 saturated carbocycles. The Kier molecular flexibility index (Phi) is 4.99. The summed E-state index contributed by atoms with van der Waals surface area (Å²) in [6.07, 6.45) is 7.17. The number of carbonyl (C=O) groups excluding carboxylic acids is 1. The third kappa shape index (κ3) is 4.08. The molecule has 1 aromatic heterocycles. The van der Waals surface area contributed by atoms with Crippen molar-refractivity contribution in [3.05, 3.63) is 35.7 Å². The number of ether oxygens (including phenoxy) is 1. The highest BCUT2D eigenvalue weighted by Crippen LogP contribution is 2.14. The van der Waals surface area contributed by atoms with E-state index in [1.54, 1.807) is 35.0 Å². The van der Waals surface area contributed by atoms with Crippen LogP contribution in [-0.2, 0) is 9.53 Å². The van der Waals surface area contributed by atoms with E-state index in [4.69, 9.17) is 4.74 Å². The molecule has 0 N–H and O–H groups in total. The number of pyridine rings is 1. The largest absolute Gasteiger partial charge is 0.360 e. The van der Waals surface area contributed by atoms with Crippen LogP contribution in [0.25, 0.3) is 6.08 Å². The lowest BCUT2D eigenvalue weighted by atomic mass is 10.2. The van der Waals surface area contributed by atoms with Gasteiger partial charge in [0, 0.05) is 29.8 Å². The fourth-order valence-electron chi connectivity index (χ4n) is 1.79. The van der Waals surface area contributed by atoms with E-state index in [1.165, 1.54) is 0 Å². The van der Waals surface area contributed by atoms with Crippen LogP contribution in [0.2, 0.25) is 0 Å². The van der Waals surface area contributed by atoms with Gasteiger partial charge in [-0.25, -0.2) is 0 Å². The van der Waals surface area contributed by atoms with E-state index in [-0.39, 0.29) is 5.91 Å². The fourth-order valence-corrected chi connectivity index (χ4v) is 2.35. The molecule has 102 valence electrons. The van der Waals surface area contributed by atoms with Crippen molar-refractivity contribution in [2.75, 3.05) is 26.1 Å². The Balaban J connectivity index is 1.94. The molecule has 0 bridgehead atoms. The molecule has 1 aromatic rings. The highest BCUT2D eigenvalue weighted by atomic mass is 32.2. The van der Waals surface area contributed by atoms with Crippen molar-refractivity contribution in [3.8, 4) is 0 Å². The number of thioether (sulfide) groups is 1. The standard InChI is InChI=1S/C14H18N2O2S/c1-11-3-4-12(7-15-11)5-6-14(17)16-8-13(19-2)9-18-10-16/h3-7,13H,8-10H2,1-2H3/b6-5+. The summed E-state index contributed by atoms with van der Waals surface area (Å²) in [5.41, 5.74) is 1.90. The van der Waals surface area contributed by atoms with Crippen LogP contribution in [-0.4, -0.2) is 47.2 Å². The van der Waals surface area contributed by atoms with Crippen molar-refractivity contribution in [1.29, 1.82) is 0 Å². The smallest absolute Gasteiger partial charge is 0.248 e. The van der Waals surface area contributed by atoms with Crippen LogP contribution in [0.1, 0.15) is 11.3 Å².